The lowest BCUT2D eigenvalue weighted by molar-refractivity contribution is 0.280. The number of aliphatic hydroxyl groups is 1. The van der Waals surface area contributed by atoms with E-state index in [-0.39, 0.29) is 6.61 Å². The largest absolute Gasteiger partial charge is 0.396 e. The summed E-state index contributed by atoms with van der Waals surface area (Å²) in [5.41, 5.74) is 2.53. The highest BCUT2D eigenvalue weighted by Crippen LogP contribution is 2.19. The van der Waals surface area contributed by atoms with Crippen LogP contribution in [0.4, 0.5) is 0 Å². The summed E-state index contributed by atoms with van der Waals surface area (Å²) in [6, 6.07) is 10.5. The first kappa shape index (κ1) is 9.28. The molecule has 1 aromatic heterocycles. The fraction of sp³-hybridized carbons (Fsp3) is 0.333. The van der Waals surface area contributed by atoms with E-state index < -0.39 is 0 Å². The Bertz CT molecular complexity index is 431. The molecule has 1 N–H and O–H groups in total. The lowest BCUT2D eigenvalue weighted by Crippen LogP contribution is -2.01. The Kier molecular flexibility index (Phi) is 2.55. The van der Waals surface area contributed by atoms with Crippen LogP contribution in [0.1, 0.15) is 12.1 Å². The number of aryl methyl sites for hydroxylation is 2. The van der Waals surface area contributed by atoms with Gasteiger partial charge in [-0.3, -0.25) is 0 Å². The predicted molar refractivity (Wildman–Crippen MR) is 58.4 cm³/mol. The Morgan fingerprint density at radius 1 is 1.29 bits per heavy atom. The highest BCUT2D eigenvalue weighted by atomic mass is 16.3. The van der Waals surface area contributed by atoms with E-state index in [1.54, 1.807) is 0 Å². The van der Waals surface area contributed by atoms with E-state index in [1.807, 2.05) is 0 Å². The van der Waals surface area contributed by atoms with E-state index >= 15 is 0 Å². The molecule has 14 heavy (non-hydrogen) atoms. The molecule has 0 aliphatic rings. The summed E-state index contributed by atoms with van der Waals surface area (Å²) in [7, 11) is 0. The first-order valence-corrected chi connectivity index (χ1v) is 4.98. The van der Waals surface area contributed by atoms with E-state index in [0.717, 1.165) is 13.0 Å². The second kappa shape index (κ2) is 3.84. The average molecular weight is 189 g/mol. The Labute approximate surface area is 83.8 Å². The van der Waals surface area contributed by atoms with Crippen LogP contribution in [0.25, 0.3) is 10.9 Å². The highest BCUT2D eigenvalue weighted by Gasteiger charge is 2.03. The smallest absolute Gasteiger partial charge is 0.0482 e. The summed E-state index contributed by atoms with van der Waals surface area (Å²) in [6.45, 7) is 3.26. The van der Waals surface area contributed by atoms with Crippen LogP contribution in [0, 0.1) is 6.92 Å². The van der Waals surface area contributed by atoms with Gasteiger partial charge in [-0.25, -0.2) is 0 Å². The topological polar surface area (TPSA) is 25.2 Å². The Morgan fingerprint density at radius 2 is 2.07 bits per heavy atom. The molecule has 2 rings (SSSR count). The maximum atomic E-state index is 8.81. The van der Waals surface area contributed by atoms with Crippen molar-refractivity contribution < 1.29 is 5.11 Å². The third-order valence-electron chi connectivity index (χ3n) is 2.56. The number of para-hydroxylation sites is 1. The first-order chi connectivity index (χ1) is 6.83. The highest BCUT2D eigenvalue weighted by molar-refractivity contribution is 5.81. The van der Waals surface area contributed by atoms with Crippen molar-refractivity contribution >= 4 is 10.9 Å². The molecule has 0 atom stereocenters. The summed E-state index contributed by atoms with van der Waals surface area (Å²) in [5.74, 6) is 0. The lowest BCUT2D eigenvalue weighted by atomic mass is 10.2. The lowest BCUT2D eigenvalue weighted by Gasteiger charge is -2.06. The number of rotatable bonds is 3. The minimum Gasteiger partial charge on any atom is -0.396 e. The van der Waals surface area contributed by atoms with Crippen molar-refractivity contribution in [2.75, 3.05) is 6.61 Å². The normalized spacial score (nSPS) is 11.0. The summed E-state index contributed by atoms with van der Waals surface area (Å²) in [4.78, 5) is 0. The summed E-state index contributed by atoms with van der Waals surface area (Å²) >= 11 is 0. The zero-order valence-electron chi connectivity index (χ0n) is 8.40. The van der Waals surface area contributed by atoms with Crippen LogP contribution in [-0.2, 0) is 6.54 Å². The van der Waals surface area contributed by atoms with Gasteiger partial charge in [-0.1, -0.05) is 18.2 Å². The van der Waals surface area contributed by atoms with Crippen LogP contribution < -0.4 is 0 Å². The van der Waals surface area contributed by atoms with Crippen molar-refractivity contribution in [1.82, 2.24) is 4.57 Å². The van der Waals surface area contributed by atoms with Gasteiger partial charge in [0.2, 0.25) is 0 Å². The summed E-state index contributed by atoms with van der Waals surface area (Å²) in [5, 5.41) is 10.1. The first-order valence-electron chi connectivity index (χ1n) is 4.98. The van der Waals surface area contributed by atoms with Crippen molar-refractivity contribution in [3.63, 3.8) is 0 Å². The Hall–Kier alpha value is -1.28. The molecule has 2 nitrogen and oxygen atoms in total. The molecule has 74 valence electrons. The number of aliphatic hydroxyl groups excluding tert-OH is 1. The molecule has 0 saturated carbocycles. The standard InChI is InChI=1S/C12H15NO/c1-10-9-11-5-2-3-6-12(11)13(10)7-4-8-14/h2-3,5-6,9,14H,4,7-8H2,1H3. The second-order valence-electron chi connectivity index (χ2n) is 3.57. The summed E-state index contributed by atoms with van der Waals surface area (Å²) in [6.07, 6.45) is 0.819. The number of benzene rings is 1. The Balaban J connectivity index is 2.45. The quantitative estimate of drug-likeness (QED) is 0.787. The van der Waals surface area contributed by atoms with E-state index in [1.165, 1.54) is 16.6 Å². The molecule has 2 aromatic rings. The van der Waals surface area contributed by atoms with Gasteiger partial charge in [0, 0.05) is 24.4 Å². The minimum absolute atomic E-state index is 0.256. The van der Waals surface area contributed by atoms with Crippen molar-refractivity contribution in [1.29, 1.82) is 0 Å². The zero-order chi connectivity index (χ0) is 9.97. The van der Waals surface area contributed by atoms with Gasteiger partial charge in [0.25, 0.3) is 0 Å². The van der Waals surface area contributed by atoms with Crippen LogP contribution >= 0.6 is 0 Å². The molecule has 0 spiro atoms. The summed E-state index contributed by atoms with van der Waals surface area (Å²) < 4.78 is 2.26. The van der Waals surface area contributed by atoms with Gasteiger partial charge in [0.1, 0.15) is 0 Å². The molecular formula is C12H15NO. The van der Waals surface area contributed by atoms with Crippen LogP contribution in [0.15, 0.2) is 30.3 Å². The van der Waals surface area contributed by atoms with Crippen LogP contribution in [0.3, 0.4) is 0 Å². The average Bonchev–Trinajstić information content (AvgIpc) is 2.51. The van der Waals surface area contributed by atoms with Crippen LogP contribution in [0.5, 0.6) is 0 Å². The molecule has 0 fully saturated rings. The molecule has 0 amide bonds. The maximum absolute atomic E-state index is 8.81. The monoisotopic (exact) mass is 189 g/mol. The SMILES string of the molecule is Cc1cc2ccccc2n1CCCO. The molecule has 0 bridgehead atoms. The Morgan fingerprint density at radius 3 is 2.86 bits per heavy atom. The van der Waals surface area contributed by atoms with Gasteiger partial charge in [-0.05, 0) is 30.9 Å². The molecule has 0 aliphatic carbocycles. The van der Waals surface area contributed by atoms with E-state index in [2.05, 4.69) is 41.8 Å². The molecule has 2 heteroatoms. The van der Waals surface area contributed by atoms with Gasteiger partial charge < -0.3 is 9.67 Å². The number of aromatic nitrogens is 1. The molecular weight excluding hydrogens is 174 g/mol. The van der Waals surface area contributed by atoms with Crippen LogP contribution in [-0.4, -0.2) is 16.3 Å². The molecule has 1 heterocycles. The number of hydrogen-bond donors (Lipinski definition) is 1. The van der Waals surface area contributed by atoms with Crippen molar-refractivity contribution in [2.24, 2.45) is 0 Å². The molecule has 0 radical (unpaired) electrons. The van der Waals surface area contributed by atoms with Crippen molar-refractivity contribution in [3.8, 4) is 0 Å². The van der Waals surface area contributed by atoms with Gasteiger partial charge in [-0.2, -0.15) is 0 Å². The molecule has 1 aromatic carbocycles. The number of fused-ring (bicyclic) bond motifs is 1. The van der Waals surface area contributed by atoms with Gasteiger partial charge in [0.15, 0.2) is 0 Å². The van der Waals surface area contributed by atoms with Crippen molar-refractivity contribution in [2.45, 2.75) is 19.9 Å². The predicted octanol–water partition coefficient (Wildman–Crippen LogP) is 2.33. The van der Waals surface area contributed by atoms with Gasteiger partial charge in [-0.15, -0.1) is 0 Å². The van der Waals surface area contributed by atoms with Gasteiger partial charge >= 0.3 is 0 Å². The zero-order valence-corrected chi connectivity index (χ0v) is 8.40. The van der Waals surface area contributed by atoms with Gasteiger partial charge in [0.05, 0.1) is 0 Å². The fourth-order valence-corrected chi connectivity index (χ4v) is 1.87. The van der Waals surface area contributed by atoms with E-state index in [9.17, 15) is 0 Å². The van der Waals surface area contributed by atoms with Crippen LogP contribution in [0.2, 0.25) is 0 Å². The molecule has 0 unspecified atom stereocenters. The minimum atomic E-state index is 0.256. The van der Waals surface area contributed by atoms with E-state index in [4.69, 9.17) is 5.11 Å². The molecule has 0 aliphatic heterocycles. The third kappa shape index (κ3) is 1.53. The maximum Gasteiger partial charge on any atom is 0.0482 e. The number of hydrogen-bond acceptors (Lipinski definition) is 1. The van der Waals surface area contributed by atoms with Crippen molar-refractivity contribution in [3.05, 3.63) is 36.0 Å². The third-order valence-corrected chi connectivity index (χ3v) is 2.56. The fourth-order valence-electron chi connectivity index (χ4n) is 1.87. The second-order valence-corrected chi connectivity index (χ2v) is 3.57. The molecule has 0 saturated heterocycles. The van der Waals surface area contributed by atoms with E-state index in [0.29, 0.717) is 0 Å². The number of nitrogens with zero attached hydrogens (tertiary/aromatic N) is 1.